The van der Waals surface area contributed by atoms with Crippen molar-refractivity contribution in [3.63, 3.8) is 0 Å². The van der Waals surface area contributed by atoms with Gasteiger partial charge in [-0.3, -0.25) is 4.79 Å². The summed E-state index contributed by atoms with van der Waals surface area (Å²) in [7, 11) is 0. The molecule has 4 rings (SSSR count). The first-order valence-corrected chi connectivity index (χ1v) is 9.01. The van der Waals surface area contributed by atoms with Gasteiger partial charge >= 0.3 is 0 Å². The quantitative estimate of drug-likeness (QED) is 0.736. The number of carbonyl (C=O) groups is 1. The molecular formula is C20H19ClN2O3. The lowest BCUT2D eigenvalue weighted by Gasteiger charge is -2.13. The number of fused-ring (bicyclic) bond motifs is 2. The van der Waals surface area contributed by atoms with E-state index in [1.807, 2.05) is 30.5 Å². The summed E-state index contributed by atoms with van der Waals surface area (Å²) >= 11 is 6.28. The van der Waals surface area contributed by atoms with Crippen molar-refractivity contribution < 1.29 is 14.3 Å². The van der Waals surface area contributed by atoms with Crippen molar-refractivity contribution in [2.75, 3.05) is 18.5 Å². The van der Waals surface area contributed by atoms with E-state index in [1.54, 1.807) is 12.1 Å². The summed E-state index contributed by atoms with van der Waals surface area (Å²) in [6, 6.07) is 13.6. The number of carbonyl (C=O) groups excluding carboxylic acids is 1. The summed E-state index contributed by atoms with van der Waals surface area (Å²) in [5.74, 6) is 1.13. The molecule has 0 aliphatic carbocycles. The first-order valence-electron chi connectivity index (χ1n) is 8.63. The SMILES string of the molecule is O=C(CCn1ccc2ccccc21)Nc1cc2c(cc1Cl)OCCCO2. The lowest BCUT2D eigenvalue weighted by atomic mass is 10.2. The van der Waals surface area contributed by atoms with Crippen LogP contribution in [-0.2, 0) is 11.3 Å². The average molecular weight is 371 g/mol. The number of halogens is 1. The van der Waals surface area contributed by atoms with Crippen LogP contribution in [0.2, 0.25) is 5.02 Å². The number of nitrogens with one attached hydrogen (secondary N) is 1. The van der Waals surface area contributed by atoms with Crippen LogP contribution in [0.15, 0.2) is 48.7 Å². The van der Waals surface area contributed by atoms with Crippen LogP contribution < -0.4 is 14.8 Å². The Balaban J connectivity index is 1.44. The van der Waals surface area contributed by atoms with Crippen LogP contribution in [0.25, 0.3) is 10.9 Å². The lowest BCUT2D eigenvalue weighted by Crippen LogP contribution is -2.14. The topological polar surface area (TPSA) is 52.5 Å². The summed E-state index contributed by atoms with van der Waals surface area (Å²) in [6.07, 6.45) is 3.17. The predicted octanol–water partition coefficient (Wildman–Crippen LogP) is 4.48. The van der Waals surface area contributed by atoms with Crippen LogP contribution in [0.1, 0.15) is 12.8 Å². The van der Waals surface area contributed by atoms with Crippen LogP contribution in [0.5, 0.6) is 11.5 Å². The monoisotopic (exact) mass is 370 g/mol. The van der Waals surface area contributed by atoms with Gasteiger partial charge in [-0.1, -0.05) is 29.8 Å². The Hall–Kier alpha value is -2.66. The maximum atomic E-state index is 12.4. The first-order chi connectivity index (χ1) is 12.7. The van der Waals surface area contributed by atoms with Crippen LogP contribution in [0, 0.1) is 0 Å². The number of nitrogens with zero attached hydrogens (tertiary/aromatic N) is 1. The Morgan fingerprint density at radius 2 is 1.88 bits per heavy atom. The van der Waals surface area contributed by atoms with E-state index in [-0.39, 0.29) is 5.91 Å². The van der Waals surface area contributed by atoms with Gasteiger partial charge in [0.05, 0.1) is 23.9 Å². The highest BCUT2D eigenvalue weighted by Gasteiger charge is 2.15. The Labute approximate surface area is 156 Å². The third-order valence-corrected chi connectivity index (χ3v) is 4.68. The second kappa shape index (κ2) is 7.30. The van der Waals surface area contributed by atoms with E-state index in [0.717, 1.165) is 11.9 Å². The number of para-hydroxylation sites is 1. The van der Waals surface area contributed by atoms with E-state index < -0.39 is 0 Å². The third kappa shape index (κ3) is 3.48. The van der Waals surface area contributed by atoms with Crippen molar-refractivity contribution in [2.45, 2.75) is 19.4 Å². The van der Waals surface area contributed by atoms with Crippen molar-refractivity contribution in [1.29, 1.82) is 0 Å². The number of aryl methyl sites for hydroxylation is 1. The molecule has 2 heterocycles. The van der Waals surface area contributed by atoms with Crippen molar-refractivity contribution in [1.82, 2.24) is 4.57 Å². The van der Waals surface area contributed by atoms with E-state index in [2.05, 4.69) is 16.0 Å². The molecule has 1 N–H and O–H groups in total. The fourth-order valence-corrected chi connectivity index (χ4v) is 3.25. The average Bonchev–Trinajstić information content (AvgIpc) is 2.92. The standard InChI is InChI=1S/C20H19ClN2O3/c21-15-12-18-19(26-11-3-10-25-18)13-16(15)22-20(24)7-9-23-8-6-14-4-1-2-5-17(14)23/h1-2,4-6,8,12-13H,3,7,9-11H2,(H,22,24). The zero-order valence-electron chi connectivity index (χ0n) is 14.2. The van der Waals surface area contributed by atoms with Gasteiger partial charge in [0.25, 0.3) is 0 Å². The molecule has 134 valence electrons. The molecule has 0 saturated carbocycles. The van der Waals surface area contributed by atoms with Crippen LogP contribution in [-0.4, -0.2) is 23.7 Å². The molecule has 6 heteroatoms. The normalized spacial score (nSPS) is 13.4. The van der Waals surface area contributed by atoms with Crippen molar-refractivity contribution in [3.05, 3.63) is 53.7 Å². The van der Waals surface area contributed by atoms with Gasteiger partial charge in [0.1, 0.15) is 0 Å². The number of anilines is 1. The number of amides is 1. The van der Waals surface area contributed by atoms with Crippen molar-refractivity contribution in [2.24, 2.45) is 0 Å². The minimum atomic E-state index is -0.0980. The van der Waals surface area contributed by atoms with Gasteiger partial charge in [0.2, 0.25) is 5.91 Å². The molecule has 0 spiro atoms. The second-order valence-corrected chi connectivity index (χ2v) is 6.60. The van der Waals surface area contributed by atoms with E-state index in [4.69, 9.17) is 21.1 Å². The van der Waals surface area contributed by atoms with E-state index in [1.165, 1.54) is 5.39 Å². The highest BCUT2D eigenvalue weighted by molar-refractivity contribution is 6.34. The second-order valence-electron chi connectivity index (χ2n) is 6.20. The van der Waals surface area contributed by atoms with Crippen molar-refractivity contribution >= 4 is 34.1 Å². The zero-order valence-corrected chi connectivity index (χ0v) is 15.0. The Morgan fingerprint density at radius 3 is 2.73 bits per heavy atom. The summed E-state index contributed by atoms with van der Waals surface area (Å²) in [4.78, 5) is 12.4. The smallest absolute Gasteiger partial charge is 0.226 e. The lowest BCUT2D eigenvalue weighted by molar-refractivity contribution is -0.116. The maximum absolute atomic E-state index is 12.4. The number of ether oxygens (including phenoxy) is 2. The highest BCUT2D eigenvalue weighted by atomic mass is 35.5. The molecule has 0 radical (unpaired) electrons. The summed E-state index contributed by atoms with van der Waals surface area (Å²) in [6.45, 7) is 1.78. The zero-order chi connectivity index (χ0) is 17.9. The van der Waals surface area contributed by atoms with Gasteiger partial charge in [-0.25, -0.2) is 0 Å². The van der Waals surface area contributed by atoms with E-state index in [9.17, 15) is 4.79 Å². The maximum Gasteiger partial charge on any atom is 0.226 e. The molecular weight excluding hydrogens is 352 g/mol. The molecule has 0 unspecified atom stereocenters. The van der Waals surface area contributed by atoms with Crippen molar-refractivity contribution in [3.8, 4) is 11.5 Å². The molecule has 1 aromatic heterocycles. The van der Waals surface area contributed by atoms with Gasteiger partial charge in [-0.15, -0.1) is 0 Å². The number of hydrogen-bond donors (Lipinski definition) is 1. The Bertz CT molecular complexity index is 951. The van der Waals surface area contributed by atoms with Crippen LogP contribution >= 0.6 is 11.6 Å². The summed E-state index contributed by atoms with van der Waals surface area (Å²) in [5, 5.41) is 4.48. The first kappa shape index (κ1) is 16.8. The minimum Gasteiger partial charge on any atom is -0.490 e. The van der Waals surface area contributed by atoms with Gasteiger partial charge in [-0.2, -0.15) is 0 Å². The van der Waals surface area contributed by atoms with Crippen LogP contribution in [0.4, 0.5) is 5.69 Å². The molecule has 1 amide bonds. The predicted molar refractivity (Wildman–Crippen MR) is 102 cm³/mol. The molecule has 0 bridgehead atoms. The molecule has 0 atom stereocenters. The molecule has 5 nitrogen and oxygen atoms in total. The molecule has 0 saturated heterocycles. The number of benzene rings is 2. The Kier molecular flexibility index (Phi) is 4.71. The number of rotatable bonds is 4. The molecule has 1 aliphatic rings. The largest absolute Gasteiger partial charge is 0.490 e. The van der Waals surface area contributed by atoms with Gasteiger partial charge in [0.15, 0.2) is 11.5 Å². The number of hydrogen-bond acceptors (Lipinski definition) is 3. The molecule has 3 aromatic rings. The molecule has 1 aliphatic heterocycles. The highest BCUT2D eigenvalue weighted by Crippen LogP contribution is 2.37. The Morgan fingerprint density at radius 1 is 1.12 bits per heavy atom. The summed E-state index contributed by atoms with van der Waals surface area (Å²) in [5.41, 5.74) is 1.66. The summed E-state index contributed by atoms with van der Waals surface area (Å²) < 4.78 is 13.3. The van der Waals surface area contributed by atoms with E-state index in [0.29, 0.717) is 48.4 Å². The van der Waals surface area contributed by atoms with Gasteiger partial charge in [-0.05, 0) is 17.5 Å². The fourth-order valence-electron chi connectivity index (χ4n) is 3.05. The van der Waals surface area contributed by atoms with Crippen LogP contribution in [0.3, 0.4) is 0 Å². The van der Waals surface area contributed by atoms with E-state index >= 15 is 0 Å². The minimum absolute atomic E-state index is 0.0980. The molecule has 2 aromatic carbocycles. The number of aromatic nitrogens is 1. The molecule has 26 heavy (non-hydrogen) atoms. The molecule has 0 fully saturated rings. The van der Waals surface area contributed by atoms with Gasteiger partial charge in [0, 0.05) is 43.2 Å². The fraction of sp³-hybridized carbons (Fsp3) is 0.250. The van der Waals surface area contributed by atoms with Gasteiger partial charge < -0.3 is 19.4 Å². The third-order valence-electron chi connectivity index (χ3n) is 4.37.